The molecule has 2 aromatic carbocycles. The van der Waals surface area contributed by atoms with Crippen molar-refractivity contribution in [3.8, 4) is 0 Å². The average Bonchev–Trinajstić information content (AvgIpc) is 2.97. The van der Waals surface area contributed by atoms with E-state index in [1.165, 1.54) is 41.8 Å². The summed E-state index contributed by atoms with van der Waals surface area (Å²) in [5.41, 5.74) is 5.57. The minimum atomic E-state index is 0.433. The van der Waals surface area contributed by atoms with Gasteiger partial charge in [-0.25, -0.2) is 0 Å². The Bertz CT molecular complexity index is 790. The highest BCUT2D eigenvalue weighted by molar-refractivity contribution is 5.63. The predicted molar refractivity (Wildman–Crippen MR) is 94.4 cm³/mol. The Hall–Kier alpha value is -2.48. The van der Waals surface area contributed by atoms with Gasteiger partial charge >= 0.3 is 0 Å². The third kappa shape index (κ3) is 1.88. The fraction of sp³-hybridized carbons (Fsp3) is 0.238. The van der Waals surface area contributed by atoms with Gasteiger partial charge in [-0.15, -0.1) is 0 Å². The van der Waals surface area contributed by atoms with Crippen molar-refractivity contribution in [2.45, 2.75) is 25.3 Å². The SMILES string of the molecule is C1=CN2[C@@H](c3ccccc31)[C@@H]1CCCC=C1N2c1ccccc1. The van der Waals surface area contributed by atoms with Gasteiger partial charge in [-0.2, -0.15) is 0 Å². The van der Waals surface area contributed by atoms with Crippen LogP contribution in [-0.4, -0.2) is 5.01 Å². The molecule has 2 aromatic rings. The summed E-state index contributed by atoms with van der Waals surface area (Å²) in [7, 11) is 0. The second-order valence-corrected chi connectivity index (χ2v) is 6.58. The van der Waals surface area contributed by atoms with Crippen molar-refractivity contribution in [1.82, 2.24) is 5.01 Å². The summed E-state index contributed by atoms with van der Waals surface area (Å²) >= 11 is 0. The number of benzene rings is 2. The van der Waals surface area contributed by atoms with Gasteiger partial charge in [0.05, 0.1) is 11.7 Å². The highest BCUT2D eigenvalue weighted by atomic mass is 15.7. The smallest absolute Gasteiger partial charge is 0.0842 e. The molecule has 1 fully saturated rings. The van der Waals surface area contributed by atoms with Gasteiger partial charge in [0, 0.05) is 17.8 Å². The van der Waals surface area contributed by atoms with E-state index in [4.69, 9.17) is 0 Å². The highest BCUT2D eigenvalue weighted by Gasteiger charge is 2.45. The van der Waals surface area contributed by atoms with Gasteiger partial charge in [-0.3, -0.25) is 10.0 Å². The molecule has 2 atom stereocenters. The predicted octanol–water partition coefficient (Wildman–Crippen LogP) is 5.13. The molecular weight excluding hydrogens is 280 g/mol. The molecule has 114 valence electrons. The number of anilines is 1. The molecule has 2 heteroatoms. The van der Waals surface area contributed by atoms with Crippen molar-refractivity contribution in [3.05, 3.63) is 83.7 Å². The molecular formula is C21H20N2. The third-order valence-electron chi connectivity index (χ3n) is 5.32. The number of nitrogens with zero attached hydrogens (tertiary/aromatic N) is 2. The lowest BCUT2D eigenvalue weighted by Crippen LogP contribution is -2.34. The Morgan fingerprint density at radius 1 is 0.913 bits per heavy atom. The zero-order valence-electron chi connectivity index (χ0n) is 13.1. The first kappa shape index (κ1) is 13.0. The van der Waals surface area contributed by atoms with Crippen LogP contribution in [0, 0.1) is 5.92 Å². The van der Waals surface area contributed by atoms with Gasteiger partial charge in [0.1, 0.15) is 0 Å². The van der Waals surface area contributed by atoms with E-state index in [0.29, 0.717) is 12.0 Å². The zero-order valence-corrected chi connectivity index (χ0v) is 13.1. The number of fused-ring (bicyclic) bond motifs is 5. The Morgan fingerprint density at radius 3 is 2.65 bits per heavy atom. The molecule has 2 aliphatic heterocycles. The Labute approximate surface area is 137 Å². The minimum Gasteiger partial charge on any atom is -0.280 e. The lowest BCUT2D eigenvalue weighted by atomic mass is 9.82. The van der Waals surface area contributed by atoms with E-state index in [2.05, 4.69) is 83.0 Å². The fourth-order valence-corrected chi connectivity index (χ4v) is 4.35. The van der Waals surface area contributed by atoms with Gasteiger partial charge in [-0.1, -0.05) is 48.5 Å². The number of hydrazine groups is 1. The number of para-hydroxylation sites is 1. The topological polar surface area (TPSA) is 6.48 Å². The van der Waals surface area contributed by atoms with Crippen LogP contribution in [0.15, 0.2) is 72.6 Å². The van der Waals surface area contributed by atoms with Gasteiger partial charge in [-0.05, 0) is 48.6 Å². The molecule has 0 saturated carbocycles. The van der Waals surface area contributed by atoms with E-state index in [1.807, 2.05) is 0 Å². The zero-order chi connectivity index (χ0) is 15.2. The van der Waals surface area contributed by atoms with E-state index >= 15 is 0 Å². The van der Waals surface area contributed by atoms with E-state index in [0.717, 1.165) is 0 Å². The number of hydrogen-bond acceptors (Lipinski definition) is 2. The van der Waals surface area contributed by atoms with Crippen LogP contribution in [0.5, 0.6) is 0 Å². The molecule has 5 rings (SSSR count). The first-order chi connectivity index (χ1) is 11.4. The minimum absolute atomic E-state index is 0.433. The van der Waals surface area contributed by atoms with Crippen molar-refractivity contribution < 1.29 is 0 Å². The van der Waals surface area contributed by atoms with Crippen molar-refractivity contribution in [2.24, 2.45) is 5.92 Å². The molecule has 0 aromatic heterocycles. The molecule has 1 aliphatic carbocycles. The molecule has 0 bridgehead atoms. The van der Waals surface area contributed by atoms with Crippen molar-refractivity contribution in [1.29, 1.82) is 0 Å². The van der Waals surface area contributed by atoms with Gasteiger partial charge in [0.15, 0.2) is 0 Å². The maximum absolute atomic E-state index is 2.45. The van der Waals surface area contributed by atoms with Gasteiger partial charge < -0.3 is 0 Å². The maximum Gasteiger partial charge on any atom is 0.0842 e. The number of allylic oxidation sites excluding steroid dienone is 1. The fourth-order valence-electron chi connectivity index (χ4n) is 4.35. The molecule has 2 heterocycles. The van der Waals surface area contributed by atoms with E-state index in [-0.39, 0.29) is 0 Å². The molecule has 3 aliphatic rings. The van der Waals surface area contributed by atoms with Crippen LogP contribution >= 0.6 is 0 Å². The van der Waals surface area contributed by atoms with Crippen LogP contribution in [0.4, 0.5) is 5.69 Å². The Kier molecular flexibility index (Phi) is 2.84. The van der Waals surface area contributed by atoms with E-state index < -0.39 is 0 Å². The van der Waals surface area contributed by atoms with Gasteiger partial charge in [0.25, 0.3) is 0 Å². The molecule has 0 N–H and O–H groups in total. The summed E-state index contributed by atoms with van der Waals surface area (Å²) in [6.07, 6.45) is 10.7. The molecule has 2 nitrogen and oxygen atoms in total. The summed E-state index contributed by atoms with van der Waals surface area (Å²) < 4.78 is 0. The van der Waals surface area contributed by atoms with Crippen molar-refractivity contribution in [3.63, 3.8) is 0 Å². The average molecular weight is 300 g/mol. The third-order valence-corrected chi connectivity index (χ3v) is 5.32. The largest absolute Gasteiger partial charge is 0.280 e. The van der Waals surface area contributed by atoms with Crippen LogP contribution in [0.25, 0.3) is 6.08 Å². The first-order valence-corrected chi connectivity index (χ1v) is 8.54. The van der Waals surface area contributed by atoms with Crippen LogP contribution in [0.1, 0.15) is 36.4 Å². The molecule has 0 unspecified atom stereocenters. The quantitative estimate of drug-likeness (QED) is 0.720. The lowest BCUT2D eigenvalue weighted by Gasteiger charge is -2.35. The summed E-state index contributed by atoms with van der Waals surface area (Å²) in [6, 6.07) is 20.1. The van der Waals surface area contributed by atoms with Crippen LogP contribution in [0.3, 0.4) is 0 Å². The molecule has 0 spiro atoms. The van der Waals surface area contributed by atoms with Crippen molar-refractivity contribution in [2.75, 3.05) is 5.01 Å². The van der Waals surface area contributed by atoms with E-state index in [1.54, 1.807) is 0 Å². The Balaban J connectivity index is 1.69. The maximum atomic E-state index is 2.45. The second-order valence-electron chi connectivity index (χ2n) is 6.58. The second kappa shape index (κ2) is 5.02. The number of rotatable bonds is 1. The van der Waals surface area contributed by atoms with E-state index in [9.17, 15) is 0 Å². The molecule has 23 heavy (non-hydrogen) atoms. The highest BCUT2D eigenvalue weighted by Crippen LogP contribution is 2.52. The lowest BCUT2D eigenvalue weighted by molar-refractivity contribution is 0.281. The van der Waals surface area contributed by atoms with Crippen LogP contribution in [-0.2, 0) is 0 Å². The summed E-state index contributed by atoms with van der Waals surface area (Å²) in [4.78, 5) is 0. The number of hydrogen-bond donors (Lipinski definition) is 0. The van der Waals surface area contributed by atoms with Gasteiger partial charge in [0.2, 0.25) is 0 Å². The Morgan fingerprint density at radius 2 is 1.74 bits per heavy atom. The standard InChI is InChI=1S/C21H20N2/c1-2-9-17(10-3-1)23-20-13-7-6-12-19(20)21-18-11-5-4-8-16(18)14-15-22(21)23/h1-5,8-11,13-15,19,21H,6-7,12H2/t19-,21+/m1/s1. The summed E-state index contributed by atoms with van der Waals surface area (Å²) in [6.45, 7) is 0. The first-order valence-electron chi connectivity index (χ1n) is 8.54. The molecule has 0 amide bonds. The molecule has 1 saturated heterocycles. The van der Waals surface area contributed by atoms with Crippen LogP contribution in [0.2, 0.25) is 0 Å². The van der Waals surface area contributed by atoms with Crippen LogP contribution < -0.4 is 5.01 Å². The van der Waals surface area contributed by atoms with Crippen molar-refractivity contribution >= 4 is 11.8 Å². The normalized spacial score (nSPS) is 24.8. The molecule has 0 radical (unpaired) electrons. The summed E-state index contributed by atoms with van der Waals surface area (Å²) in [5.74, 6) is 0.593. The monoisotopic (exact) mass is 300 g/mol. The summed E-state index contributed by atoms with van der Waals surface area (Å²) in [5, 5.41) is 4.88.